The SMILES string of the molecule is Cc1cc(Cl)cn2c(CC(=O)N(C)c3ccccc3)c(-c3ccc(OCCF)cc3)nc12. The molecule has 4 aromatic rings. The summed E-state index contributed by atoms with van der Waals surface area (Å²) < 4.78 is 19.6. The molecule has 2 aromatic carbocycles. The highest BCUT2D eigenvalue weighted by Gasteiger charge is 2.21. The Bertz CT molecular complexity index is 1240. The minimum absolute atomic E-state index is 0.0109. The molecule has 0 spiro atoms. The molecule has 7 heteroatoms. The third-order valence-corrected chi connectivity index (χ3v) is 5.49. The molecule has 0 bridgehead atoms. The van der Waals surface area contributed by atoms with Crippen LogP contribution in [0.5, 0.6) is 5.75 Å². The zero-order chi connectivity index (χ0) is 22.7. The number of aryl methyl sites for hydroxylation is 1. The number of ether oxygens (including phenoxy) is 1. The van der Waals surface area contributed by atoms with Crippen LogP contribution in [0.1, 0.15) is 11.3 Å². The van der Waals surface area contributed by atoms with Crippen LogP contribution in [0.4, 0.5) is 10.1 Å². The molecule has 2 heterocycles. The van der Waals surface area contributed by atoms with Gasteiger partial charge in [0.25, 0.3) is 0 Å². The summed E-state index contributed by atoms with van der Waals surface area (Å²) in [6, 6.07) is 18.6. The number of amides is 1. The first-order valence-electron chi connectivity index (χ1n) is 10.3. The number of imidazole rings is 1. The predicted molar refractivity (Wildman–Crippen MR) is 125 cm³/mol. The fourth-order valence-corrected chi connectivity index (χ4v) is 3.90. The van der Waals surface area contributed by atoms with E-state index in [9.17, 15) is 9.18 Å². The quantitative estimate of drug-likeness (QED) is 0.372. The third kappa shape index (κ3) is 4.46. The largest absolute Gasteiger partial charge is 0.491 e. The predicted octanol–water partition coefficient (Wildman–Crippen LogP) is 5.52. The van der Waals surface area contributed by atoms with Gasteiger partial charge < -0.3 is 14.0 Å². The van der Waals surface area contributed by atoms with Crippen molar-refractivity contribution in [2.24, 2.45) is 0 Å². The second kappa shape index (κ2) is 9.40. The Labute approximate surface area is 191 Å². The molecule has 2 aromatic heterocycles. The van der Waals surface area contributed by atoms with Gasteiger partial charge in [0, 0.05) is 24.5 Å². The maximum absolute atomic E-state index is 13.2. The number of nitrogens with zero attached hydrogens (tertiary/aromatic N) is 3. The van der Waals surface area contributed by atoms with Crippen molar-refractivity contribution >= 4 is 28.8 Å². The molecule has 0 aliphatic rings. The van der Waals surface area contributed by atoms with Crippen LogP contribution in [0.3, 0.4) is 0 Å². The number of rotatable bonds is 7. The maximum atomic E-state index is 13.2. The molecule has 5 nitrogen and oxygen atoms in total. The number of carbonyl (C=O) groups excluding carboxylic acids is 1. The van der Waals surface area contributed by atoms with Gasteiger partial charge in [-0.3, -0.25) is 4.79 Å². The molecule has 0 saturated heterocycles. The second-order valence-electron chi connectivity index (χ2n) is 7.47. The van der Waals surface area contributed by atoms with Crippen LogP contribution in [-0.2, 0) is 11.2 Å². The topological polar surface area (TPSA) is 46.8 Å². The van der Waals surface area contributed by atoms with E-state index in [4.69, 9.17) is 21.3 Å². The summed E-state index contributed by atoms with van der Waals surface area (Å²) in [4.78, 5) is 19.6. The highest BCUT2D eigenvalue weighted by atomic mass is 35.5. The zero-order valence-electron chi connectivity index (χ0n) is 17.9. The van der Waals surface area contributed by atoms with Gasteiger partial charge in [-0.2, -0.15) is 0 Å². The van der Waals surface area contributed by atoms with Gasteiger partial charge in [0.05, 0.1) is 22.8 Å². The van der Waals surface area contributed by atoms with Crippen molar-refractivity contribution in [1.82, 2.24) is 9.38 Å². The summed E-state index contributed by atoms with van der Waals surface area (Å²) in [5, 5.41) is 0.569. The number of para-hydroxylation sites is 1. The van der Waals surface area contributed by atoms with Crippen LogP contribution >= 0.6 is 11.6 Å². The number of aromatic nitrogens is 2. The number of carbonyl (C=O) groups is 1. The lowest BCUT2D eigenvalue weighted by Crippen LogP contribution is -2.28. The summed E-state index contributed by atoms with van der Waals surface area (Å²) in [7, 11) is 1.76. The van der Waals surface area contributed by atoms with E-state index in [0.29, 0.717) is 16.5 Å². The lowest BCUT2D eigenvalue weighted by Gasteiger charge is -2.17. The average Bonchev–Trinajstić information content (AvgIpc) is 3.16. The first kappa shape index (κ1) is 21.8. The molecule has 32 heavy (non-hydrogen) atoms. The van der Waals surface area contributed by atoms with E-state index in [0.717, 1.165) is 28.2 Å². The summed E-state index contributed by atoms with van der Waals surface area (Å²) in [6.07, 6.45) is 1.92. The van der Waals surface area contributed by atoms with Crippen LogP contribution < -0.4 is 9.64 Å². The van der Waals surface area contributed by atoms with Gasteiger partial charge in [-0.05, 0) is 55.0 Å². The van der Waals surface area contributed by atoms with Gasteiger partial charge >= 0.3 is 0 Å². The van der Waals surface area contributed by atoms with E-state index in [1.807, 2.05) is 59.9 Å². The summed E-state index contributed by atoms with van der Waals surface area (Å²) in [5.74, 6) is 0.510. The molecule has 0 N–H and O–H groups in total. The third-order valence-electron chi connectivity index (χ3n) is 5.28. The Kier molecular flexibility index (Phi) is 6.42. The normalized spacial score (nSPS) is 11.0. The average molecular weight is 452 g/mol. The van der Waals surface area contributed by atoms with E-state index in [1.54, 1.807) is 30.3 Å². The molecule has 164 valence electrons. The molecule has 0 radical (unpaired) electrons. The van der Waals surface area contributed by atoms with Crippen molar-refractivity contribution in [3.63, 3.8) is 0 Å². The zero-order valence-corrected chi connectivity index (χ0v) is 18.6. The lowest BCUT2D eigenvalue weighted by molar-refractivity contribution is -0.117. The Balaban J connectivity index is 1.75. The van der Waals surface area contributed by atoms with Crippen molar-refractivity contribution in [3.8, 4) is 17.0 Å². The molecule has 0 saturated carbocycles. The molecule has 0 aliphatic carbocycles. The summed E-state index contributed by atoms with van der Waals surface area (Å²) in [6.45, 7) is 1.40. The van der Waals surface area contributed by atoms with Crippen LogP contribution in [0.15, 0.2) is 66.9 Å². The van der Waals surface area contributed by atoms with E-state index >= 15 is 0 Å². The fourth-order valence-electron chi connectivity index (χ4n) is 3.64. The van der Waals surface area contributed by atoms with E-state index in [-0.39, 0.29) is 18.9 Å². The summed E-state index contributed by atoms with van der Waals surface area (Å²) in [5.41, 5.74) is 4.75. The van der Waals surface area contributed by atoms with Gasteiger partial charge in [-0.15, -0.1) is 0 Å². The van der Waals surface area contributed by atoms with Crippen LogP contribution in [0.25, 0.3) is 16.9 Å². The second-order valence-corrected chi connectivity index (χ2v) is 7.91. The van der Waals surface area contributed by atoms with E-state index < -0.39 is 6.67 Å². The van der Waals surface area contributed by atoms with Crippen molar-refractivity contribution in [2.75, 3.05) is 25.2 Å². The van der Waals surface area contributed by atoms with Crippen molar-refractivity contribution in [1.29, 1.82) is 0 Å². The highest BCUT2D eigenvalue weighted by molar-refractivity contribution is 6.30. The van der Waals surface area contributed by atoms with Gasteiger partial charge in [0.2, 0.25) is 5.91 Å². The number of pyridine rings is 1. The molecule has 0 aliphatic heterocycles. The monoisotopic (exact) mass is 451 g/mol. The lowest BCUT2D eigenvalue weighted by atomic mass is 10.1. The van der Waals surface area contributed by atoms with Crippen LogP contribution in [0.2, 0.25) is 5.02 Å². The highest BCUT2D eigenvalue weighted by Crippen LogP contribution is 2.30. The number of hydrogen-bond acceptors (Lipinski definition) is 3. The van der Waals surface area contributed by atoms with Gasteiger partial charge in [-0.25, -0.2) is 9.37 Å². The van der Waals surface area contributed by atoms with Crippen molar-refractivity contribution in [2.45, 2.75) is 13.3 Å². The van der Waals surface area contributed by atoms with Gasteiger partial charge in [0.1, 0.15) is 24.7 Å². The first-order chi connectivity index (χ1) is 15.5. The molecular weight excluding hydrogens is 429 g/mol. The van der Waals surface area contributed by atoms with Crippen LogP contribution in [0, 0.1) is 6.92 Å². The number of likely N-dealkylation sites (N-methyl/N-ethyl adjacent to an activating group) is 1. The number of hydrogen-bond donors (Lipinski definition) is 0. The minimum atomic E-state index is -0.546. The molecule has 0 fully saturated rings. The Morgan fingerprint density at radius 1 is 1.16 bits per heavy atom. The van der Waals surface area contributed by atoms with E-state index in [1.165, 1.54) is 0 Å². The van der Waals surface area contributed by atoms with E-state index in [2.05, 4.69) is 0 Å². The fraction of sp³-hybridized carbons (Fsp3) is 0.200. The first-order valence-corrected chi connectivity index (χ1v) is 10.6. The number of anilines is 1. The minimum Gasteiger partial charge on any atom is -0.491 e. The van der Waals surface area contributed by atoms with Gasteiger partial charge in [0.15, 0.2) is 0 Å². The van der Waals surface area contributed by atoms with Gasteiger partial charge in [-0.1, -0.05) is 29.8 Å². The number of fused-ring (bicyclic) bond motifs is 1. The molecule has 1 amide bonds. The standard InChI is InChI=1S/C25H23ClFN3O2/c1-17-14-19(26)16-30-22(15-23(31)29(2)20-6-4-3-5-7-20)24(28-25(17)30)18-8-10-21(11-9-18)32-13-12-27/h3-11,14,16H,12-13,15H2,1-2H3. The molecule has 0 atom stereocenters. The smallest absolute Gasteiger partial charge is 0.232 e. The molecule has 4 rings (SSSR count). The number of halogens is 2. The number of benzene rings is 2. The molecule has 0 unspecified atom stereocenters. The van der Waals surface area contributed by atoms with Crippen molar-refractivity contribution < 1.29 is 13.9 Å². The Morgan fingerprint density at radius 2 is 1.88 bits per heavy atom. The number of alkyl halides is 1. The van der Waals surface area contributed by atoms with Crippen LogP contribution in [-0.4, -0.2) is 35.6 Å². The molecular formula is C25H23ClFN3O2. The van der Waals surface area contributed by atoms with Crippen molar-refractivity contribution in [3.05, 3.63) is 83.1 Å². The Hall–Kier alpha value is -3.38. The Morgan fingerprint density at radius 3 is 2.56 bits per heavy atom. The maximum Gasteiger partial charge on any atom is 0.232 e. The summed E-state index contributed by atoms with van der Waals surface area (Å²) >= 11 is 6.32.